The number of carboxylic acid groups (broad SMARTS) is 1. The highest BCUT2D eigenvalue weighted by Crippen LogP contribution is 2.27. The number of halogens is 2. The number of hydrogen-bond donors (Lipinski definition) is 1. The summed E-state index contributed by atoms with van der Waals surface area (Å²) in [5.74, 6) is -1.48. The summed E-state index contributed by atoms with van der Waals surface area (Å²) >= 11 is 11.7. The zero-order chi connectivity index (χ0) is 16.2. The van der Waals surface area contributed by atoms with E-state index in [-0.39, 0.29) is 12.5 Å². The van der Waals surface area contributed by atoms with Gasteiger partial charge in [-0.05, 0) is 19.1 Å². The summed E-state index contributed by atoms with van der Waals surface area (Å²) in [5, 5.41) is 9.58. The van der Waals surface area contributed by atoms with Crippen LogP contribution >= 0.6 is 23.2 Å². The van der Waals surface area contributed by atoms with Crippen molar-refractivity contribution in [3.05, 3.63) is 28.2 Å². The summed E-state index contributed by atoms with van der Waals surface area (Å²) in [4.78, 5) is 24.2. The fourth-order valence-corrected chi connectivity index (χ4v) is 1.98. The van der Waals surface area contributed by atoms with Gasteiger partial charge in [0.05, 0.1) is 16.0 Å². The Morgan fingerprint density at radius 3 is 2.43 bits per heavy atom. The molecule has 116 valence electrons. The number of likely N-dealkylation sites (N-methyl/N-ethyl adjacent to an activating group) is 1. The van der Waals surface area contributed by atoms with E-state index in [1.54, 1.807) is 19.1 Å². The second-order valence-corrected chi connectivity index (χ2v) is 5.61. The van der Waals surface area contributed by atoms with Gasteiger partial charge >= 0.3 is 5.97 Å². The van der Waals surface area contributed by atoms with Gasteiger partial charge in [0.2, 0.25) is 0 Å². The Balaban J connectivity index is 2.65. The van der Waals surface area contributed by atoms with Crippen LogP contribution in [0.5, 0.6) is 5.75 Å². The molecule has 0 heterocycles. The van der Waals surface area contributed by atoms with Crippen molar-refractivity contribution in [2.75, 3.05) is 13.6 Å². The zero-order valence-corrected chi connectivity index (χ0v) is 13.5. The van der Waals surface area contributed by atoms with E-state index in [0.29, 0.717) is 15.8 Å². The lowest BCUT2D eigenvalue weighted by Gasteiger charge is -2.23. The van der Waals surface area contributed by atoms with Crippen LogP contribution in [0.2, 0.25) is 10.0 Å². The molecule has 0 spiro atoms. The molecule has 5 nitrogen and oxygen atoms in total. The third-order valence-corrected chi connectivity index (χ3v) is 3.64. The Labute approximate surface area is 133 Å². The molecule has 2 atom stereocenters. The quantitative estimate of drug-likeness (QED) is 0.869. The average Bonchev–Trinajstić information content (AvgIpc) is 2.41. The second kappa shape index (κ2) is 7.52. The van der Waals surface area contributed by atoms with E-state index in [1.165, 1.54) is 24.9 Å². The molecule has 1 rings (SSSR count). The van der Waals surface area contributed by atoms with Gasteiger partial charge in [-0.2, -0.15) is 0 Å². The first kappa shape index (κ1) is 17.6. The lowest BCUT2D eigenvalue weighted by Crippen LogP contribution is -2.41. The molecule has 0 fully saturated rings. The number of carbonyl (C=O) groups excluding carboxylic acids is 1. The highest BCUT2D eigenvalue weighted by molar-refractivity contribution is 6.42. The molecule has 0 bridgehead atoms. The van der Waals surface area contributed by atoms with E-state index in [0.717, 1.165) is 0 Å². The standard InChI is InChI=1S/C14H17Cl2NO4/c1-8(14(19)20)7-17(3)13(18)9(2)21-10-4-5-11(15)12(16)6-10/h4-6,8-9H,7H2,1-3H3,(H,19,20). The number of rotatable bonds is 6. The molecular weight excluding hydrogens is 317 g/mol. The molecule has 1 aromatic rings. The molecule has 0 saturated heterocycles. The van der Waals surface area contributed by atoms with E-state index in [9.17, 15) is 9.59 Å². The van der Waals surface area contributed by atoms with Gasteiger partial charge in [0.25, 0.3) is 5.91 Å². The number of ether oxygens (including phenoxy) is 1. The van der Waals surface area contributed by atoms with Crippen molar-refractivity contribution in [3.63, 3.8) is 0 Å². The Morgan fingerprint density at radius 2 is 1.90 bits per heavy atom. The summed E-state index contributed by atoms with van der Waals surface area (Å²) in [6.45, 7) is 3.24. The number of carboxylic acids is 1. The Kier molecular flexibility index (Phi) is 6.30. The molecule has 1 amide bonds. The maximum atomic E-state index is 12.1. The minimum Gasteiger partial charge on any atom is -0.481 e. The molecule has 0 radical (unpaired) electrons. The van der Waals surface area contributed by atoms with E-state index >= 15 is 0 Å². The molecule has 0 aliphatic rings. The van der Waals surface area contributed by atoms with E-state index in [2.05, 4.69) is 0 Å². The normalized spacial score (nSPS) is 13.4. The van der Waals surface area contributed by atoms with Crippen molar-refractivity contribution in [2.45, 2.75) is 20.0 Å². The van der Waals surface area contributed by atoms with Crippen LogP contribution in [0, 0.1) is 5.92 Å². The van der Waals surface area contributed by atoms with Gasteiger partial charge in [-0.1, -0.05) is 30.1 Å². The van der Waals surface area contributed by atoms with Gasteiger partial charge in [-0.3, -0.25) is 9.59 Å². The number of carbonyl (C=O) groups is 2. The third-order valence-electron chi connectivity index (χ3n) is 2.90. The maximum absolute atomic E-state index is 12.1. The van der Waals surface area contributed by atoms with Gasteiger partial charge in [-0.15, -0.1) is 0 Å². The molecular formula is C14H17Cl2NO4. The predicted molar refractivity (Wildman–Crippen MR) is 81.0 cm³/mol. The monoisotopic (exact) mass is 333 g/mol. The van der Waals surface area contributed by atoms with E-state index in [1.807, 2.05) is 0 Å². The first-order valence-corrected chi connectivity index (χ1v) is 7.07. The second-order valence-electron chi connectivity index (χ2n) is 4.79. The minimum atomic E-state index is -0.951. The molecule has 7 heteroatoms. The van der Waals surface area contributed by atoms with Crippen molar-refractivity contribution in [3.8, 4) is 5.75 Å². The number of benzene rings is 1. The fraction of sp³-hybridized carbons (Fsp3) is 0.429. The number of aliphatic carboxylic acids is 1. The lowest BCUT2D eigenvalue weighted by molar-refractivity contribution is -0.144. The highest BCUT2D eigenvalue weighted by atomic mass is 35.5. The summed E-state index contributed by atoms with van der Waals surface area (Å²) in [6, 6.07) is 4.71. The maximum Gasteiger partial charge on any atom is 0.308 e. The number of amides is 1. The van der Waals surface area contributed by atoms with E-state index < -0.39 is 18.0 Å². The smallest absolute Gasteiger partial charge is 0.308 e. The fourth-order valence-electron chi connectivity index (χ4n) is 1.69. The number of nitrogens with zero attached hydrogens (tertiary/aromatic N) is 1. The van der Waals surface area contributed by atoms with Crippen molar-refractivity contribution >= 4 is 35.1 Å². The van der Waals surface area contributed by atoms with Crippen LogP contribution < -0.4 is 4.74 Å². The molecule has 2 unspecified atom stereocenters. The van der Waals surface area contributed by atoms with E-state index in [4.69, 9.17) is 33.0 Å². The van der Waals surface area contributed by atoms with Crippen LogP contribution in [-0.2, 0) is 9.59 Å². The minimum absolute atomic E-state index is 0.114. The van der Waals surface area contributed by atoms with Crippen molar-refractivity contribution in [1.82, 2.24) is 4.90 Å². The molecule has 0 aliphatic carbocycles. The molecule has 0 saturated carbocycles. The van der Waals surface area contributed by atoms with Crippen LogP contribution in [-0.4, -0.2) is 41.6 Å². The summed E-state index contributed by atoms with van der Waals surface area (Å²) < 4.78 is 5.49. The van der Waals surface area contributed by atoms with Crippen LogP contribution in [0.1, 0.15) is 13.8 Å². The topological polar surface area (TPSA) is 66.8 Å². The van der Waals surface area contributed by atoms with Gasteiger partial charge < -0.3 is 14.7 Å². The Hall–Kier alpha value is -1.46. The van der Waals surface area contributed by atoms with Crippen LogP contribution in [0.25, 0.3) is 0 Å². The zero-order valence-electron chi connectivity index (χ0n) is 12.0. The van der Waals surface area contributed by atoms with Crippen molar-refractivity contribution in [2.24, 2.45) is 5.92 Å². The van der Waals surface area contributed by atoms with Crippen LogP contribution in [0.4, 0.5) is 0 Å². The summed E-state index contributed by atoms with van der Waals surface area (Å²) in [7, 11) is 1.54. The largest absolute Gasteiger partial charge is 0.481 e. The lowest BCUT2D eigenvalue weighted by atomic mass is 10.1. The molecule has 21 heavy (non-hydrogen) atoms. The summed E-state index contributed by atoms with van der Waals surface area (Å²) in [5.41, 5.74) is 0. The molecule has 0 aromatic heterocycles. The van der Waals surface area contributed by atoms with Crippen molar-refractivity contribution in [1.29, 1.82) is 0 Å². The van der Waals surface area contributed by atoms with Crippen LogP contribution in [0.3, 0.4) is 0 Å². The average molecular weight is 334 g/mol. The van der Waals surface area contributed by atoms with Crippen molar-refractivity contribution < 1.29 is 19.4 Å². The summed E-state index contributed by atoms with van der Waals surface area (Å²) in [6.07, 6.45) is -0.756. The van der Waals surface area contributed by atoms with Gasteiger partial charge in [-0.25, -0.2) is 0 Å². The molecule has 1 N–H and O–H groups in total. The first-order chi connectivity index (χ1) is 9.72. The highest BCUT2D eigenvalue weighted by Gasteiger charge is 2.23. The first-order valence-electron chi connectivity index (χ1n) is 6.32. The SMILES string of the molecule is CC(CN(C)C(=O)C(C)Oc1ccc(Cl)c(Cl)c1)C(=O)O. The third kappa shape index (κ3) is 5.10. The predicted octanol–water partition coefficient (Wildman–Crippen LogP) is 2.94. The molecule has 0 aliphatic heterocycles. The molecule has 1 aromatic carbocycles. The Morgan fingerprint density at radius 1 is 1.29 bits per heavy atom. The van der Waals surface area contributed by atoms with Gasteiger partial charge in [0.1, 0.15) is 5.75 Å². The van der Waals surface area contributed by atoms with Gasteiger partial charge in [0.15, 0.2) is 6.10 Å². The Bertz CT molecular complexity index is 536. The number of hydrogen-bond acceptors (Lipinski definition) is 3. The van der Waals surface area contributed by atoms with Gasteiger partial charge in [0, 0.05) is 19.7 Å². The van der Waals surface area contributed by atoms with Crippen LogP contribution in [0.15, 0.2) is 18.2 Å².